The fourth-order valence-electron chi connectivity index (χ4n) is 3.10. The van der Waals surface area contributed by atoms with E-state index in [1.54, 1.807) is 49.5 Å². The minimum atomic E-state index is -0.633. The molecule has 34 heavy (non-hydrogen) atoms. The van der Waals surface area contributed by atoms with Crippen LogP contribution in [0.1, 0.15) is 29.8 Å². The van der Waals surface area contributed by atoms with Crippen LogP contribution < -0.4 is 24.3 Å². The number of carbonyl (C=O) groups is 1. The number of carbonyl (C=O) groups excluding carboxylic acids is 1. The Bertz CT molecular complexity index is 1150. The standard InChI is InChI=1S/C24H25N3O7/c1-4-32-17-6-8-18(9-7-17)34-23-12-16(10-11-25-23)15-26-24(28)19-13-21(31-3)22(33-5-2)14-20(19)27(29)30/h6-14H,4-5,15H2,1-3H3,(H,26,28). The van der Waals surface area contributed by atoms with E-state index >= 15 is 0 Å². The van der Waals surface area contributed by atoms with Gasteiger partial charge in [-0.3, -0.25) is 14.9 Å². The Kier molecular flexibility index (Phi) is 8.22. The molecule has 178 valence electrons. The third kappa shape index (κ3) is 6.12. The van der Waals surface area contributed by atoms with E-state index in [0.717, 1.165) is 5.75 Å². The fourth-order valence-corrected chi connectivity index (χ4v) is 3.10. The Labute approximate surface area is 196 Å². The zero-order valence-corrected chi connectivity index (χ0v) is 19.1. The summed E-state index contributed by atoms with van der Waals surface area (Å²) in [4.78, 5) is 27.8. The van der Waals surface area contributed by atoms with E-state index in [1.807, 2.05) is 6.92 Å². The normalized spacial score (nSPS) is 10.3. The Morgan fingerprint density at radius 2 is 1.71 bits per heavy atom. The average Bonchev–Trinajstić information content (AvgIpc) is 2.84. The van der Waals surface area contributed by atoms with Gasteiger partial charge >= 0.3 is 0 Å². The Balaban J connectivity index is 1.72. The van der Waals surface area contributed by atoms with Crippen molar-refractivity contribution in [2.75, 3.05) is 20.3 Å². The quantitative estimate of drug-likeness (QED) is 0.323. The predicted octanol–water partition coefficient (Wildman–Crippen LogP) is 4.52. The van der Waals surface area contributed by atoms with Crippen LogP contribution in [0.25, 0.3) is 0 Å². The number of aromatic nitrogens is 1. The molecule has 0 aliphatic carbocycles. The highest BCUT2D eigenvalue weighted by molar-refractivity contribution is 5.99. The van der Waals surface area contributed by atoms with Gasteiger partial charge < -0.3 is 24.3 Å². The molecule has 0 atom stereocenters. The van der Waals surface area contributed by atoms with E-state index in [2.05, 4.69) is 10.3 Å². The van der Waals surface area contributed by atoms with Crippen molar-refractivity contribution in [1.29, 1.82) is 0 Å². The maximum atomic E-state index is 12.8. The summed E-state index contributed by atoms with van der Waals surface area (Å²) in [7, 11) is 1.40. The molecule has 3 rings (SSSR count). The third-order valence-electron chi connectivity index (χ3n) is 4.63. The molecule has 0 bridgehead atoms. The number of ether oxygens (including phenoxy) is 4. The van der Waals surface area contributed by atoms with Crippen LogP contribution in [0, 0.1) is 10.1 Å². The summed E-state index contributed by atoms with van der Waals surface area (Å²) in [5, 5.41) is 14.2. The number of nitro benzene ring substituents is 1. The molecule has 0 unspecified atom stereocenters. The number of rotatable bonds is 11. The predicted molar refractivity (Wildman–Crippen MR) is 124 cm³/mol. The van der Waals surface area contributed by atoms with Crippen molar-refractivity contribution >= 4 is 11.6 Å². The molecule has 1 aromatic heterocycles. The SMILES string of the molecule is CCOc1ccc(Oc2cc(CNC(=O)c3cc(OC)c(OCC)cc3[N+](=O)[O-])ccn2)cc1. The first-order valence-electron chi connectivity index (χ1n) is 10.6. The maximum absolute atomic E-state index is 12.8. The lowest BCUT2D eigenvalue weighted by molar-refractivity contribution is -0.385. The van der Waals surface area contributed by atoms with Gasteiger partial charge in [0.15, 0.2) is 11.5 Å². The van der Waals surface area contributed by atoms with E-state index in [9.17, 15) is 14.9 Å². The van der Waals surface area contributed by atoms with Gasteiger partial charge in [-0.2, -0.15) is 0 Å². The number of nitrogens with zero attached hydrogens (tertiary/aromatic N) is 2. The van der Waals surface area contributed by atoms with Gasteiger partial charge in [0.05, 0.1) is 31.3 Å². The molecule has 0 aliphatic heterocycles. The van der Waals surface area contributed by atoms with Crippen LogP contribution in [0.3, 0.4) is 0 Å². The molecule has 1 N–H and O–H groups in total. The Morgan fingerprint density at radius 3 is 2.35 bits per heavy atom. The minimum absolute atomic E-state index is 0.105. The van der Waals surface area contributed by atoms with Crippen LogP contribution in [-0.4, -0.2) is 36.1 Å². The molecule has 0 radical (unpaired) electrons. The number of hydrogen-bond acceptors (Lipinski definition) is 8. The van der Waals surface area contributed by atoms with Gasteiger partial charge in [-0.15, -0.1) is 0 Å². The van der Waals surface area contributed by atoms with Crippen LogP contribution in [-0.2, 0) is 6.54 Å². The number of hydrogen-bond donors (Lipinski definition) is 1. The monoisotopic (exact) mass is 467 g/mol. The number of amides is 1. The van der Waals surface area contributed by atoms with E-state index in [-0.39, 0.29) is 29.3 Å². The van der Waals surface area contributed by atoms with E-state index in [0.29, 0.717) is 30.4 Å². The molecular weight excluding hydrogens is 442 g/mol. The Morgan fingerprint density at radius 1 is 1.00 bits per heavy atom. The van der Waals surface area contributed by atoms with Crippen molar-refractivity contribution in [2.24, 2.45) is 0 Å². The molecule has 1 amide bonds. The third-order valence-corrected chi connectivity index (χ3v) is 4.63. The number of methoxy groups -OCH3 is 1. The van der Waals surface area contributed by atoms with Gasteiger partial charge in [0, 0.05) is 24.9 Å². The Hall–Kier alpha value is -4.34. The molecule has 1 heterocycles. The van der Waals surface area contributed by atoms with Gasteiger partial charge in [0.25, 0.3) is 11.6 Å². The van der Waals surface area contributed by atoms with E-state index in [4.69, 9.17) is 18.9 Å². The fraction of sp³-hybridized carbons (Fsp3) is 0.250. The van der Waals surface area contributed by atoms with Gasteiger partial charge in [0.1, 0.15) is 17.1 Å². The first-order valence-corrected chi connectivity index (χ1v) is 10.6. The zero-order chi connectivity index (χ0) is 24.5. The highest BCUT2D eigenvalue weighted by Crippen LogP contribution is 2.34. The molecule has 10 nitrogen and oxygen atoms in total. The molecular formula is C24H25N3O7. The lowest BCUT2D eigenvalue weighted by Gasteiger charge is -2.12. The smallest absolute Gasteiger partial charge is 0.286 e. The van der Waals surface area contributed by atoms with E-state index in [1.165, 1.54) is 19.2 Å². The second-order valence-electron chi connectivity index (χ2n) is 6.90. The summed E-state index contributed by atoms with van der Waals surface area (Å²) >= 11 is 0. The van der Waals surface area contributed by atoms with E-state index < -0.39 is 10.8 Å². The van der Waals surface area contributed by atoms with Crippen molar-refractivity contribution < 1.29 is 28.7 Å². The average molecular weight is 467 g/mol. The summed E-state index contributed by atoms with van der Waals surface area (Å²) in [5.74, 6) is 1.45. The van der Waals surface area contributed by atoms with Crippen LogP contribution in [0.4, 0.5) is 5.69 Å². The first-order chi connectivity index (χ1) is 16.4. The highest BCUT2D eigenvalue weighted by atomic mass is 16.6. The lowest BCUT2D eigenvalue weighted by atomic mass is 10.1. The molecule has 0 fully saturated rings. The highest BCUT2D eigenvalue weighted by Gasteiger charge is 2.24. The summed E-state index contributed by atoms with van der Waals surface area (Å²) in [5.41, 5.74) is 0.186. The second kappa shape index (κ2) is 11.5. The van der Waals surface area contributed by atoms with Crippen molar-refractivity contribution in [3.05, 3.63) is 76.0 Å². The number of benzene rings is 2. The molecule has 0 spiro atoms. The molecule has 10 heteroatoms. The minimum Gasteiger partial charge on any atom is -0.494 e. The van der Waals surface area contributed by atoms with Crippen molar-refractivity contribution in [1.82, 2.24) is 10.3 Å². The number of nitrogens with one attached hydrogen (secondary N) is 1. The molecule has 2 aromatic carbocycles. The molecule has 0 saturated heterocycles. The summed E-state index contributed by atoms with van der Waals surface area (Å²) in [6.45, 7) is 4.62. The summed E-state index contributed by atoms with van der Waals surface area (Å²) < 4.78 is 21.8. The van der Waals surface area contributed by atoms with Crippen molar-refractivity contribution in [3.8, 4) is 28.9 Å². The maximum Gasteiger partial charge on any atom is 0.286 e. The van der Waals surface area contributed by atoms with Gasteiger partial charge in [0.2, 0.25) is 5.88 Å². The van der Waals surface area contributed by atoms with Crippen LogP contribution in [0.5, 0.6) is 28.9 Å². The van der Waals surface area contributed by atoms with Gasteiger partial charge in [-0.05, 0) is 49.7 Å². The van der Waals surface area contributed by atoms with Crippen molar-refractivity contribution in [2.45, 2.75) is 20.4 Å². The topological polar surface area (TPSA) is 122 Å². The van der Waals surface area contributed by atoms with Gasteiger partial charge in [-0.25, -0.2) is 4.98 Å². The summed E-state index contributed by atoms with van der Waals surface area (Å²) in [6, 6.07) is 13.0. The molecule has 0 aliphatic rings. The van der Waals surface area contributed by atoms with Gasteiger partial charge in [-0.1, -0.05) is 0 Å². The summed E-state index contributed by atoms with van der Waals surface area (Å²) in [6.07, 6.45) is 1.55. The largest absolute Gasteiger partial charge is 0.494 e. The van der Waals surface area contributed by atoms with Crippen LogP contribution in [0.15, 0.2) is 54.7 Å². The number of nitro groups is 1. The first kappa shape index (κ1) is 24.3. The second-order valence-corrected chi connectivity index (χ2v) is 6.90. The lowest BCUT2D eigenvalue weighted by Crippen LogP contribution is -2.24. The molecule has 0 saturated carbocycles. The molecule has 3 aromatic rings. The zero-order valence-electron chi connectivity index (χ0n) is 19.1. The van der Waals surface area contributed by atoms with Crippen LogP contribution in [0.2, 0.25) is 0 Å². The van der Waals surface area contributed by atoms with Crippen molar-refractivity contribution in [3.63, 3.8) is 0 Å². The number of pyridine rings is 1. The van der Waals surface area contributed by atoms with Crippen LogP contribution >= 0.6 is 0 Å².